The molecule has 0 spiro atoms. The predicted octanol–water partition coefficient (Wildman–Crippen LogP) is 3.83. The van der Waals surface area contributed by atoms with Crippen molar-refractivity contribution in [3.05, 3.63) is 35.4 Å². The second-order valence-corrected chi connectivity index (χ2v) is 6.75. The summed E-state index contributed by atoms with van der Waals surface area (Å²) >= 11 is 0. The minimum Gasteiger partial charge on any atom is -0.465 e. The minimum atomic E-state index is -1.49. The van der Waals surface area contributed by atoms with Crippen LogP contribution in [0.5, 0.6) is 0 Å². The Balaban J connectivity index is 2.35. The van der Waals surface area contributed by atoms with Crippen LogP contribution >= 0.6 is 0 Å². The lowest BCUT2D eigenvalue weighted by Gasteiger charge is -2.29. The van der Waals surface area contributed by atoms with Crippen molar-refractivity contribution in [3.63, 3.8) is 0 Å². The third kappa shape index (κ3) is 4.14. The smallest absolute Gasteiger partial charge is 0.328 e. The molecule has 142 valence electrons. The molecule has 2 rings (SSSR count). The largest absolute Gasteiger partial charge is 0.465 e. The van der Waals surface area contributed by atoms with Crippen molar-refractivity contribution >= 4 is 17.7 Å². The van der Waals surface area contributed by atoms with Gasteiger partial charge in [-0.15, -0.1) is 0 Å². The van der Waals surface area contributed by atoms with E-state index in [0.717, 1.165) is 12.8 Å². The number of ether oxygens (including phenoxy) is 2. The average Bonchev–Trinajstić information content (AvgIpc) is 3.50. The zero-order chi connectivity index (χ0) is 19.2. The van der Waals surface area contributed by atoms with Gasteiger partial charge in [0, 0.05) is 11.5 Å². The van der Waals surface area contributed by atoms with Crippen LogP contribution in [0.4, 0.5) is 0 Å². The maximum absolute atomic E-state index is 12.8. The maximum atomic E-state index is 12.8. The molecule has 0 heterocycles. The molecule has 0 atom stereocenters. The average molecular weight is 360 g/mol. The maximum Gasteiger partial charge on any atom is 0.328 e. The van der Waals surface area contributed by atoms with Crippen LogP contribution in [-0.4, -0.2) is 30.9 Å². The van der Waals surface area contributed by atoms with Crippen molar-refractivity contribution < 1.29 is 23.9 Å². The second-order valence-electron chi connectivity index (χ2n) is 6.75. The zero-order valence-electron chi connectivity index (χ0n) is 15.9. The van der Waals surface area contributed by atoms with E-state index in [9.17, 15) is 14.4 Å². The molecule has 0 aliphatic heterocycles. The fourth-order valence-electron chi connectivity index (χ4n) is 2.95. The highest BCUT2D eigenvalue weighted by molar-refractivity contribution is 6.06. The van der Waals surface area contributed by atoms with Crippen molar-refractivity contribution in [1.82, 2.24) is 0 Å². The molecule has 1 saturated carbocycles. The van der Waals surface area contributed by atoms with Gasteiger partial charge < -0.3 is 9.47 Å². The zero-order valence-corrected chi connectivity index (χ0v) is 15.9. The van der Waals surface area contributed by atoms with Gasteiger partial charge >= 0.3 is 11.9 Å². The minimum absolute atomic E-state index is 0.126. The van der Waals surface area contributed by atoms with E-state index >= 15 is 0 Å². The molecule has 0 N–H and O–H groups in total. The first kappa shape index (κ1) is 20.1. The molecule has 0 aromatic heterocycles. The summed E-state index contributed by atoms with van der Waals surface area (Å²) in [6, 6.07) is 6.75. The molecule has 0 saturated heterocycles. The van der Waals surface area contributed by atoms with Crippen LogP contribution in [0.15, 0.2) is 24.3 Å². The van der Waals surface area contributed by atoms with Crippen LogP contribution in [0.2, 0.25) is 0 Å². The fraction of sp³-hybridized carbons (Fsp3) is 0.571. The van der Waals surface area contributed by atoms with Crippen molar-refractivity contribution in [3.8, 4) is 0 Å². The van der Waals surface area contributed by atoms with Crippen LogP contribution in [0.1, 0.15) is 68.8 Å². The van der Waals surface area contributed by atoms with Gasteiger partial charge in [0.2, 0.25) is 0 Å². The Bertz CT molecular complexity index is 623. The molecule has 0 bridgehead atoms. The Hall–Kier alpha value is -2.17. The van der Waals surface area contributed by atoms with Gasteiger partial charge in [-0.2, -0.15) is 0 Å². The molecule has 5 heteroatoms. The first-order chi connectivity index (χ1) is 12.5. The number of carbonyl (C=O) groups is 3. The Morgan fingerprint density at radius 2 is 1.42 bits per heavy atom. The van der Waals surface area contributed by atoms with Crippen molar-refractivity contribution in [2.75, 3.05) is 13.2 Å². The first-order valence-corrected chi connectivity index (χ1v) is 9.50. The Morgan fingerprint density at radius 3 is 1.81 bits per heavy atom. The van der Waals surface area contributed by atoms with E-state index < -0.39 is 17.4 Å². The monoisotopic (exact) mass is 360 g/mol. The molecular weight excluding hydrogens is 332 g/mol. The van der Waals surface area contributed by atoms with E-state index in [0.29, 0.717) is 24.0 Å². The summed E-state index contributed by atoms with van der Waals surface area (Å²) in [5.74, 6) is -0.935. The molecule has 1 aromatic carbocycles. The van der Waals surface area contributed by atoms with Crippen molar-refractivity contribution in [2.45, 2.75) is 58.3 Å². The highest BCUT2D eigenvalue weighted by atomic mass is 16.6. The van der Waals surface area contributed by atoms with Crippen molar-refractivity contribution in [1.29, 1.82) is 0 Å². The normalized spacial score (nSPS) is 14.0. The number of rotatable bonds is 10. The van der Waals surface area contributed by atoms with E-state index in [1.807, 2.05) is 13.8 Å². The summed E-state index contributed by atoms with van der Waals surface area (Å²) in [6.45, 7) is 6.06. The molecule has 0 radical (unpaired) electrons. The van der Waals surface area contributed by atoms with Gasteiger partial charge in [-0.3, -0.25) is 14.4 Å². The fourth-order valence-corrected chi connectivity index (χ4v) is 2.95. The number of esters is 2. The molecule has 0 amide bonds. The summed E-state index contributed by atoms with van der Waals surface area (Å²) in [7, 11) is 0. The molecule has 1 aromatic rings. The summed E-state index contributed by atoms with van der Waals surface area (Å²) in [5.41, 5.74) is -0.370. The van der Waals surface area contributed by atoms with E-state index in [1.165, 1.54) is 0 Å². The van der Waals surface area contributed by atoms with E-state index in [1.54, 1.807) is 31.2 Å². The van der Waals surface area contributed by atoms with Gasteiger partial charge in [0.05, 0.1) is 13.2 Å². The van der Waals surface area contributed by atoms with Crippen LogP contribution in [0.3, 0.4) is 0 Å². The molecule has 5 nitrogen and oxygen atoms in total. The van der Waals surface area contributed by atoms with E-state index in [4.69, 9.17) is 9.47 Å². The number of carbonyl (C=O) groups excluding carboxylic acids is 3. The van der Waals surface area contributed by atoms with E-state index in [2.05, 4.69) is 0 Å². The topological polar surface area (TPSA) is 69.7 Å². The van der Waals surface area contributed by atoms with Gasteiger partial charge in [0.25, 0.3) is 0 Å². The van der Waals surface area contributed by atoms with Crippen LogP contribution in [-0.2, 0) is 24.5 Å². The Morgan fingerprint density at radius 1 is 0.923 bits per heavy atom. The van der Waals surface area contributed by atoms with Crippen LogP contribution < -0.4 is 0 Å². The van der Waals surface area contributed by atoms with Gasteiger partial charge in [0.15, 0.2) is 11.2 Å². The second kappa shape index (κ2) is 8.97. The van der Waals surface area contributed by atoms with Gasteiger partial charge in [-0.25, -0.2) is 0 Å². The van der Waals surface area contributed by atoms with Gasteiger partial charge in [-0.1, -0.05) is 45.0 Å². The lowest BCUT2D eigenvalue weighted by molar-refractivity contribution is -0.165. The summed E-state index contributed by atoms with van der Waals surface area (Å²) in [6.07, 6.45) is 3.45. The number of hydrogen-bond donors (Lipinski definition) is 0. The van der Waals surface area contributed by atoms with Crippen LogP contribution in [0, 0.1) is 5.92 Å². The lowest BCUT2D eigenvalue weighted by atomic mass is 9.77. The molecule has 0 unspecified atom stereocenters. The third-order valence-electron chi connectivity index (χ3n) is 4.71. The highest BCUT2D eigenvalue weighted by Crippen LogP contribution is 2.35. The Kier molecular flexibility index (Phi) is 6.95. The molecule has 1 aliphatic carbocycles. The molecule has 26 heavy (non-hydrogen) atoms. The van der Waals surface area contributed by atoms with Crippen molar-refractivity contribution in [2.24, 2.45) is 5.92 Å². The summed E-state index contributed by atoms with van der Waals surface area (Å²) in [4.78, 5) is 37.8. The lowest BCUT2D eigenvalue weighted by Crippen LogP contribution is -2.46. The number of ketones is 1. The van der Waals surface area contributed by atoms with E-state index in [-0.39, 0.29) is 31.3 Å². The van der Waals surface area contributed by atoms with Gasteiger partial charge in [-0.05, 0) is 37.7 Å². The third-order valence-corrected chi connectivity index (χ3v) is 4.71. The molecular formula is C21H28O5. The molecule has 1 aliphatic rings. The highest BCUT2D eigenvalue weighted by Gasteiger charge is 2.49. The quantitative estimate of drug-likeness (QED) is 0.360. The van der Waals surface area contributed by atoms with Gasteiger partial charge in [0.1, 0.15) is 0 Å². The SMILES string of the molecule is CCCOC(=O)C(CC)(C(=O)OCCC)c1ccc(C(=O)C2CC2)cc1. The standard InChI is InChI=1S/C21H28O5/c1-4-13-25-19(23)21(6-3,20(24)26-14-5-2)17-11-9-16(10-12-17)18(22)15-7-8-15/h9-12,15H,4-8,13-14H2,1-3H3. The number of hydrogen-bond acceptors (Lipinski definition) is 5. The summed E-state index contributed by atoms with van der Waals surface area (Å²) < 4.78 is 10.6. The number of Topliss-reactive ketones (excluding diaryl/α,β-unsaturated/α-hetero) is 1. The predicted molar refractivity (Wildman–Crippen MR) is 98.0 cm³/mol. The number of benzene rings is 1. The van der Waals surface area contributed by atoms with Crippen LogP contribution in [0.25, 0.3) is 0 Å². The summed E-state index contributed by atoms with van der Waals surface area (Å²) in [5, 5.41) is 0. The first-order valence-electron chi connectivity index (χ1n) is 9.50. The Labute approximate surface area is 155 Å². The molecule has 1 fully saturated rings.